The van der Waals surface area contributed by atoms with Crippen molar-refractivity contribution in [3.63, 3.8) is 0 Å². The van der Waals surface area contributed by atoms with Crippen molar-refractivity contribution >= 4 is 34.8 Å². The molecule has 0 unspecified atom stereocenters. The van der Waals surface area contributed by atoms with Gasteiger partial charge in [-0.25, -0.2) is 0 Å². The van der Waals surface area contributed by atoms with Crippen LogP contribution >= 0.6 is 34.8 Å². The number of ether oxygens (including phenoxy) is 1. The Morgan fingerprint density at radius 2 is 1.77 bits per heavy atom. The Labute approximate surface area is 140 Å². The van der Waals surface area contributed by atoms with Crippen LogP contribution in [-0.2, 0) is 6.61 Å². The number of nitrogens with zero attached hydrogens (tertiary/aromatic N) is 2. The Morgan fingerprint density at radius 1 is 1.05 bits per heavy atom. The molecule has 0 aliphatic heterocycles. The Morgan fingerprint density at radius 3 is 2.41 bits per heavy atom. The molecule has 2 heterocycles. The van der Waals surface area contributed by atoms with E-state index in [2.05, 4.69) is 10.2 Å². The van der Waals surface area contributed by atoms with Crippen LogP contribution < -0.4 is 4.74 Å². The first-order valence-electron chi connectivity index (χ1n) is 6.19. The summed E-state index contributed by atoms with van der Waals surface area (Å²) in [6.07, 6.45) is 0. The largest absolute Gasteiger partial charge is 0.483 e. The molecule has 3 rings (SSSR count). The van der Waals surface area contributed by atoms with Gasteiger partial charge in [-0.3, -0.25) is 0 Å². The molecule has 0 fully saturated rings. The van der Waals surface area contributed by atoms with Gasteiger partial charge in [0.2, 0.25) is 5.89 Å². The lowest BCUT2D eigenvalue weighted by molar-refractivity contribution is 0.271. The van der Waals surface area contributed by atoms with E-state index in [4.69, 9.17) is 48.4 Å². The third kappa shape index (κ3) is 3.21. The first kappa shape index (κ1) is 15.2. The minimum atomic E-state index is 0.147. The summed E-state index contributed by atoms with van der Waals surface area (Å²) in [6, 6.07) is 6.57. The lowest BCUT2D eigenvalue weighted by Crippen LogP contribution is -1.95. The van der Waals surface area contributed by atoms with E-state index in [0.29, 0.717) is 44.1 Å². The lowest BCUT2D eigenvalue weighted by Gasteiger charge is -2.08. The molecule has 0 spiro atoms. The smallest absolute Gasteiger partial charge is 0.283 e. The van der Waals surface area contributed by atoms with Gasteiger partial charge in [0.15, 0.2) is 11.5 Å². The van der Waals surface area contributed by atoms with E-state index in [1.165, 1.54) is 0 Å². The van der Waals surface area contributed by atoms with Gasteiger partial charge in [-0.15, -0.1) is 10.2 Å². The predicted octanol–water partition coefficient (Wildman–Crippen LogP) is 5.18. The maximum atomic E-state index is 6.05. The predicted molar refractivity (Wildman–Crippen MR) is 82.5 cm³/mol. The Balaban J connectivity index is 1.74. The molecule has 0 aliphatic rings. The first-order chi connectivity index (χ1) is 10.5. The summed E-state index contributed by atoms with van der Waals surface area (Å²) < 4.78 is 16.4. The van der Waals surface area contributed by atoms with E-state index < -0.39 is 0 Å². The van der Waals surface area contributed by atoms with Crippen molar-refractivity contribution in [1.29, 1.82) is 0 Å². The summed E-state index contributed by atoms with van der Waals surface area (Å²) in [4.78, 5) is 0. The minimum Gasteiger partial charge on any atom is -0.483 e. The van der Waals surface area contributed by atoms with Gasteiger partial charge >= 0.3 is 0 Å². The Hall–Kier alpha value is -1.69. The van der Waals surface area contributed by atoms with Crippen LogP contribution in [0.2, 0.25) is 15.1 Å². The van der Waals surface area contributed by atoms with Crippen LogP contribution in [0.3, 0.4) is 0 Å². The van der Waals surface area contributed by atoms with E-state index in [1.807, 2.05) is 0 Å². The number of aromatic nitrogens is 2. The average Bonchev–Trinajstić information content (AvgIpc) is 3.06. The van der Waals surface area contributed by atoms with Crippen molar-refractivity contribution in [2.24, 2.45) is 0 Å². The number of furan rings is 1. The number of rotatable bonds is 4. The van der Waals surface area contributed by atoms with Crippen molar-refractivity contribution in [3.05, 3.63) is 51.0 Å². The molecule has 0 N–H and O–H groups in total. The van der Waals surface area contributed by atoms with Gasteiger partial charge in [-0.1, -0.05) is 34.8 Å². The van der Waals surface area contributed by atoms with Gasteiger partial charge < -0.3 is 13.6 Å². The average molecular weight is 360 g/mol. The zero-order chi connectivity index (χ0) is 15.7. The van der Waals surface area contributed by atoms with Crippen LogP contribution in [0, 0.1) is 6.92 Å². The highest BCUT2D eigenvalue weighted by atomic mass is 35.5. The van der Waals surface area contributed by atoms with Gasteiger partial charge in [0.25, 0.3) is 5.89 Å². The van der Waals surface area contributed by atoms with E-state index in [9.17, 15) is 0 Å². The van der Waals surface area contributed by atoms with Crippen LogP contribution in [0.15, 0.2) is 33.1 Å². The molecule has 0 saturated heterocycles. The van der Waals surface area contributed by atoms with Crippen LogP contribution in [0.1, 0.15) is 11.7 Å². The molecule has 0 atom stereocenters. The van der Waals surface area contributed by atoms with E-state index in [1.54, 1.807) is 31.2 Å². The third-order valence-corrected chi connectivity index (χ3v) is 3.50. The SMILES string of the molecule is Cc1nnc(-c2ccc(COc3c(Cl)cc(Cl)cc3Cl)o2)o1. The van der Waals surface area contributed by atoms with E-state index in [-0.39, 0.29) is 6.61 Å². The summed E-state index contributed by atoms with van der Waals surface area (Å²) in [5.74, 6) is 2.15. The molecule has 114 valence electrons. The van der Waals surface area contributed by atoms with Crippen molar-refractivity contribution in [2.75, 3.05) is 0 Å². The first-order valence-corrected chi connectivity index (χ1v) is 7.33. The number of hydrogen-bond donors (Lipinski definition) is 0. The van der Waals surface area contributed by atoms with Gasteiger partial charge in [0.05, 0.1) is 10.0 Å². The van der Waals surface area contributed by atoms with Crippen LogP contribution in [0.5, 0.6) is 5.75 Å². The molecular formula is C14H9Cl3N2O3. The molecule has 22 heavy (non-hydrogen) atoms. The van der Waals surface area contributed by atoms with Crippen molar-refractivity contribution < 1.29 is 13.6 Å². The maximum absolute atomic E-state index is 6.05. The summed E-state index contributed by atoms with van der Waals surface area (Å²) in [7, 11) is 0. The second-order valence-corrected chi connectivity index (χ2v) is 5.63. The van der Waals surface area contributed by atoms with Crippen molar-refractivity contribution in [3.8, 4) is 17.4 Å². The highest BCUT2D eigenvalue weighted by molar-refractivity contribution is 6.40. The lowest BCUT2D eigenvalue weighted by atomic mass is 10.3. The quantitative estimate of drug-likeness (QED) is 0.642. The number of hydrogen-bond acceptors (Lipinski definition) is 5. The van der Waals surface area contributed by atoms with Crippen molar-refractivity contribution in [1.82, 2.24) is 10.2 Å². The second-order valence-electron chi connectivity index (χ2n) is 4.38. The molecule has 0 amide bonds. The molecule has 0 saturated carbocycles. The van der Waals surface area contributed by atoms with Crippen molar-refractivity contribution in [2.45, 2.75) is 13.5 Å². The number of halogens is 3. The summed E-state index contributed by atoms with van der Waals surface area (Å²) in [6.45, 7) is 1.85. The third-order valence-electron chi connectivity index (χ3n) is 2.72. The van der Waals surface area contributed by atoms with E-state index in [0.717, 1.165) is 0 Å². The Bertz CT molecular complexity index is 790. The summed E-state index contributed by atoms with van der Waals surface area (Å²) >= 11 is 17.9. The van der Waals surface area contributed by atoms with Gasteiger partial charge in [-0.05, 0) is 24.3 Å². The summed E-state index contributed by atoms with van der Waals surface area (Å²) in [5.41, 5.74) is 0. The second kappa shape index (κ2) is 6.20. The zero-order valence-electron chi connectivity index (χ0n) is 11.3. The van der Waals surface area contributed by atoms with Gasteiger partial charge in [0, 0.05) is 11.9 Å². The standard InChI is InChI=1S/C14H9Cl3N2O3/c1-7-18-19-14(21-7)12-3-2-9(22-12)6-20-13-10(16)4-8(15)5-11(13)17/h2-5H,6H2,1H3. The fourth-order valence-corrected chi connectivity index (χ4v) is 2.70. The molecule has 3 aromatic rings. The molecule has 2 aromatic heterocycles. The van der Waals surface area contributed by atoms with Crippen LogP contribution in [-0.4, -0.2) is 10.2 Å². The monoisotopic (exact) mass is 358 g/mol. The topological polar surface area (TPSA) is 61.3 Å². The van der Waals surface area contributed by atoms with Crippen LogP contribution in [0.25, 0.3) is 11.7 Å². The molecule has 0 radical (unpaired) electrons. The fourth-order valence-electron chi connectivity index (χ4n) is 1.78. The number of benzene rings is 1. The summed E-state index contributed by atoms with van der Waals surface area (Å²) in [5, 5.41) is 8.72. The molecule has 8 heteroatoms. The molecular weight excluding hydrogens is 351 g/mol. The maximum Gasteiger partial charge on any atom is 0.283 e. The Kier molecular flexibility index (Phi) is 4.29. The number of aryl methyl sites for hydroxylation is 1. The zero-order valence-corrected chi connectivity index (χ0v) is 13.5. The van der Waals surface area contributed by atoms with E-state index >= 15 is 0 Å². The van der Waals surface area contributed by atoms with Gasteiger partial charge in [-0.2, -0.15) is 0 Å². The minimum absolute atomic E-state index is 0.147. The highest BCUT2D eigenvalue weighted by Gasteiger charge is 2.13. The molecule has 5 nitrogen and oxygen atoms in total. The normalized spacial score (nSPS) is 10.9. The van der Waals surface area contributed by atoms with Gasteiger partial charge in [0.1, 0.15) is 12.4 Å². The highest BCUT2D eigenvalue weighted by Crippen LogP contribution is 2.36. The molecule has 0 bridgehead atoms. The molecule has 1 aromatic carbocycles. The van der Waals surface area contributed by atoms with Crippen LogP contribution in [0.4, 0.5) is 0 Å². The molecule has 0 aliphatic carbocycles. The fraction of sp³-hybridized carbons (Fsp3) is 0.143.